The fraction of sp³-hybridized carbons (Fsp3) is 0.882. The molecule has 25 heavy (non-hydrogen) atoms. The molecular formula is C17H34Cl2N4O2. The van der Waals surface area contributed by atoms with Crippen LogP contribution >= 0.6 is 24.8 Å². The number of nitrogens with one attached hydrogen (secondary N) is 1. The van der Waals surface area contributed by atoms with E-state index in [-0.39, 0.29) is 49.7 Å². The number of piperazine rings is 1. The zero-order valence-corrected chi connectivity index (χ0v) is 17.0. The van der Waals surface area contributed by atoms with E-state index >= 15 is 0 Å². The maximum Gasteiger partial charge on any atom is 0.242 e. The van der Waals surface area contributed by atoms with Crippen LogP contribution < -0.4 is 11.1 Å². The lowest BCUT2D eigenvalue weighted by atomic mass is 9.79. The summed E-state index contributed by atoms with van der Waals surface area (Å²) in [5, 5.41) is 2.55. The second kappa shape index (κ2) is 11.9. The predicted octanol–water partition coefficient (Wildman–Crippen LogP) is 1.26. The summed E-state index contributed by atoms with van der Waals surface area (Å²) in [5.41, 5.74) is 5.22. The number of amides is 2. The first kappa shape index (κ1) is 24.4. The monoisotopic (exact) mass is 396 g/mol. The van der Waals surface area contributed by atoms with Gasteiger partial charge in [-0.05, 0) is 37.5 Å². The molecule has 8 heteroatoms. The van der Waals surface area contributed by atoms with Crippen molar-refractivity contribution in [3.05, 3.63) is 0 Å². The van der Waals surface area contributed by atoms with Crippen LogP contribution in [0.2, 0.25) is 0 Å². The number of carbonyl (C=O) groups is 2. The van der Waals surface area contributed by atoms with E-state index in [0.717, 1.165) is 38.0 Å². The van der Waals surface area contributed by atoms with Crippen molar-refractivity contribution in [3.8, 4) is 0 Å². The minimum absolute atomic E-state index is 0. The third kappa shape index (κ3) is 7.29. The summed E-state index contributed by atoms with van der Waals surface area (Å²) in [7, 11) is 0. The number of carbonyl (C=O) groups excluding carboxylic acids is 2. The summed E-state index contributed by atoms with van der Waals surface area (Å²) in [5.74, 6) is 1.41. The molecule has 1 heterocycles. The number of hydrogen-bond donors (Lipinski definition) is 2. The molecule has 2 amide bonds. The lowest BCUT2D eigenvalue weighted by Gasteiger charge is -2.42. The van der Waals surface area contributed by atoms with E-state index in [0.29, 0.717) is 6.04 Å². The van der Waals surface area contributed by atoms with Crippen LogP contribution in [0.25, 0.3) is 0 Å². The predicted molar refractivity (Wildman–Crippen MR) is 105 cm³/mol. The van der Waals surface area contributed by atoms with E-state index in [2.05, 4.69) is 24.1 Å². The second-order valence-electron chi connectivity index (χ2n) is 7.21. The molecule has 6 nitrogen and oxygen atoms in total. The fourth-order valence-electron chi connectivity index (χ4n) is 3.83. The summed E-state index contributed by atoms with van der Waals surface area (Å²) >= 11 is 0. The van der Waals surface area contributed by atoms with Gasteiger partial charge in [0.05, 0.1) is 13.1 Å². The van der Waals surface area contributed by atoms with Crippen LogP contribution in [0, 0.1) is 11.8 Å². The number of nitrogens with two attached hydrogens (primary N) is 1. The van der Waals surface area contributed by atoms with Gasteiger partial charge in [-0.15, -0.1) is 24.8 Å². The molecule has 1 saturated carbocycles. The van der Waals surface area contributed by atoms with Crippen LogP contribution in [0.3, 0.4) is 0 Å². The Balaban J connectivity index is 0.00000288. The molecule has 1 aliphatic heterocycles. The Morgan fingerprint density at radius 1 is 1.04 bits per heavy atom. The molecule has 2 fully saturated rings. The lowest BCUT2D eigenvalue weighted by molar-refractivity contribution is -0.134. The largest absolute Gasteiger partial charge is 0.346 e. The number of halogens is 2. The standard InChI is InChI=1S/C17H32N4O2.2ClH/c1-13(2)14-3-5-15(6-4-14)20-7-9-21(10-8-20)17(23)12-19-16(22)11-18;;/h13-15H,3-12,18H2,1-2H3,(H,19,22);2*1H. The number of nitrogens with zero attached hydrogens (tertiary/aromatic N) is 2. The average molecular weight is 397 g/mol. The van der Waals surface area contributed by atoms with Crippen LogP contribution in [0.15, 0.2) is 0 Å². The Labute approximate surface area is 164 Å². The first-order valence-corrected chi connectivity index (χ1v) is 8.99. The summed E-state index contributed by atoms with van der Waals surface area (Å²) < 4.78 is 0. The molecule has 0 aromatic carbocycles. The highest BCUT2D eigenvalue weighted by Gasteiger charge is 2.30. The average Bonchev–Trinajstić information content (AvgIpc) is 2.59. The zero-order valence-electron chi connectivity index (χ0n) is 15.4. The maximum absolute atomic E-state index is 12.1. The number of rotatable bonds is 5. The van der Waals surface area contributed by atoms with Crippen molar-refractivity contribution in [1.82, 2.24) is 15.1 Å². The second-order valence-corrected chi connectivity index (χ2v) is 7.21. The van der Waals surface area contributed by atoms with Gasteiger partial charge in [0.25, 0.3) is 0 Å². The molecule has 0 unspecified atom stereocenters. The molecule has 2 aliphatic rings. The smallest absolute Gasteiger partial charge is 0.242 e. The number of hydrogen-bond acceptors (Lipinski definition) is 4. The third-order valence-corrected chi connectivity index (χ3v) is 5.49. The topological polar surface area (TPSA) is 78.7 Å². The van der Waals surface area contributed by atoms with Crippen molar-refractivity contribution in [2.24, 2.45) is 17.6 Å². The van der Waals surface area contributed by atoms with E-state index in [4.69, 9.17) is 5.73 Å². The molecule has 0 atom stereocenters. The van der Waals surface area contributed by atoms with Crippen molar-refractivity contribution in [2.45, 2.75) is 45.6 Å². The van der Waals surface area contributed by atoms with Crippen LogP contribution in [0.4, 0.5) is 0 Å². The van der Waals surface area contributed by atoms with Gasteiger partial charge in [-0.2, -0.15) is 0 Å². The zero-order chi connectivity index (χ0) is 16.8. The molecule has 0 radical (unpaired) electrons. The Morgan fingerprint density at radius 2 is 1.60 bits per heavy atom. The molecule has 0 spiro atoms. The molecule has 148 valence electrons. The Morgan fingerprint density at radius 3 is 2.08 bits per heavy atom. The Kier molecular flexibility index (Phi) is 11.7. The molecule has 3 N–H and O–H groups in total. The van der Waals surface area contributed by atoms with E-state index in [1.165, 1.54) is 25.7 Å². The van der Waals surface area contributed by atoms with Gasteiger partial charge >= 0.3 is 0 Å². The minimum Gasteiger partial charge on any atom is -0.346 e. The van der Waals surface area contributed by atoms with Gasteiger partial charge in [-0.1, -0.05) is 13.8 Å². The van der Waals surface area contributed by atoms with Crippen molar-refractivity contribution >= 4 is 36.6 Å². The van der Waals surface area contributed by atoms with Crippen LogP contribution in [0.1, 0.15) is 39.5 Å². The first-order valence-electron chi connectivity index (χ1n) is 8.99. The van der Waals surface area contributed by atoms with Crippen molar-refractivity contribution < 1.29 is 9.59 Å². The molecule has 1 saturated heterocycles. The quantitative estimate of drug-likeness (QED) is 0.732. The van der Waals surface area contributed by atoms with E-state index in [1.54, 1.807) is 0 Å². The van der Waals surface area contributed by atoms with Gasteiger partial charge < -0.3 is 16.0 Å². The van der Waals surface area contributed by atoms with Gasteiger partial charge in [0.15, 0.2) is 0 Å². The first-order chi connectivity index (χ1) is 11.0. The minimum atomic E-state index is -0.279. The SMILES string of the molecule is CC(C)C1CCC(N2CCN(C(=O)CNC(=O)CN)CC2)CC1.Cl.Cl. The van der Waals surface area contributed by atoms with E-state index < -0.39 is 0 Å². The summed E-state index contributed by atoms with van der Waals surface area (Å²) in [4.78, 5) is 27.6. The van der Waals surface area contributed by atoms with Gasteiger partial charge in [0.2, 0.25) is 11.8 Å². The molecule has 0 aromatic heterocycles. The van der Waals surface area contributed by atoms with Crippen LogP contribution in [-0.2, 0) is 9.59 Å². The van der Waals surface area contributed by atoms with Crippen LogP contribution in [0.5, 0.6) is 0 Å². The summed E-state index contributed by atoms with van der Waals surface area (Å²) in [6.07, 6.45) is 5.27. The highest BCUT2D eigenvalue weighted by Crippen LogP contribution is 2.32. The van der Waals surface area contributed by atoms with E-state index in [9.17, 15) is 9.59 Å². The highest BCUT2D eigenvalue weighted by atomic mass is 35.5. The van der Waals surface area contributed by atoms with Crippen molar-refractivity contribution in [3.63, 3.8) is 0 Å². The molecule has 2 rings (SSSR count). The molecule has 0 aromatic rings. The highest BCUT2D eigenvalue weighted by molar-refractivity contribution is 5.86. The Hall–Kier alpha value is -0.560. The molecule has 0 bridgehead atoms. The van der Waals surface area contributed by atoms with Crippen molar-refractivity contribution in [1.29, 1.82) is 0 Å². The summed E-state index contributed by atoms with van der Waals surface area (Å²) in [6.45, 7) is 8.09. The van der Waals surface area contributed by atoms with Gasteiger partial charge in [0.1, 0.15) is 0 Å². The van der Waals surface area contributed by atoms with Gasteiger partial charge in [-0.3, -0.25) is 14.5 Å². The summed E-state index contributed by atoms with van der Waals surface area (Å²) in [6, 6.07) is 0.694. The van der Waals surface area contributed by atoms with Gasteiger partial charge in [0, 0.05) is 32.2 Å². The third-order valence-electron chi connectivity index (χ3n) is 5.49. The fourth-order valence-corrected chi connectivity index (χ4v) is 3.83. The van der Waals surface area contributed by atoms with Crippen LogP contribution in [-0.4, -0.2) is 66.9 Å². The van der Waals surface area contributed by atoms with Crippen molar-refractivity contribution in [2.75, 3.05) is 39.3 Å². The lowest BCUT2D eigenvalue weighted by Crippen LogP contribution is -2.54. The Bertz CT molecular complexity index is 407. The van der Waals surface area contributed by atoms with Gasteiger partial charge in [-0.25, -0.2) is 0 Å². The van der Waals surface area contributed by atoms with E-state index in [1.807, 2.05) is 4.90 Å². The molecular weight excluding hydrogens is 363 g/mol. The maximum atomic E-state index is 12.1. The normalized spacial score (nSPS) is 24.2. The molecule has 1 aliphatic carbocycles.